The molecule has 23 heavy (non-hydrogen) atoms. The fourth-order valence-corrected chi connectivity index (χ4v) is 3.95. The number of aryl methyl sites for hydroxylation is 1. The third-order valence-corrected chi connectivity index (χ3v) is 5.80. The number of hydrogen-bond acceptors (Lipinski definition) is 4. The second-order valence-electron chi connectivity index (χ2n) is 6.47. The van der Waals surface area contributed by atoms with Crippen molar-refractivity contribution in [3.8, 4) is 0 Å². The monoisotopic (exact) mass is 366 g/mol. The van der Waals surface area contributed by atoms with Gasteiger partial charge in [-0.25, -0.2) is 13.1 Å². The molecule has 0 aromatic carbocycles. The lowest BCUT2D eigenvalue weighted by molar-refractivity contribution is 0.391. The lowest BCUT2D eigenvalue weighted by Crippen LogP contribution is -2.49. The van der Waals surface area contributed by atoms with Crippen molar-refractivity contribution in [2.45, 2.75) is 71.4 Å². The van der Waals surface area contributed by atoms with Crippen molar-refractivity contribution in [3.05, 3.63) is 11.4 Å². The second-order valence-corrected chi connectivity index (χ2v) is 8.17. The summed E-state index contributed by atoms with van der Waals surface area (Å²) in [6, 6.07) is 0. The quantitative estimate of drug-likeness (QED) is 0.739. The van der Waals surface area contributed by atoms with Crippen LogP contribution in [0.5, 0.6) is 0 Å². The van der Waals surface area contributed by atoms with Gasteiger partial charge in [0, 0.05) is 18.6 Å². The SMILES string of the molecule is CCC(N)(CC)CNS(=O)(=O)c1c(C)nn(CC(C)C)c1C.Cl. The highest BCUT2D eigenvalue weighted by Gasteiger charge is 2.28. The molecule has 0 amide bonds. The maximum atomic E-state index is 12.6. The minimum Gasteiger partial charge on any atom is -0.324 e. The molecule has 0 saturated carbocycles. The van der Waals surface area contributed by atoms with Crippen molar-refractivity contribution >= 4 is 22.4 Å². The first-order valence-electron chi connectivity index (χ1n) is 7.89. The molecule has 1 aromatic rings. The largest absolute Gasteiger partial charge is 0.324 e. The Labute approximate surface area is 146 Å². The van der Waals surface area contributed by atoms with E-state index in [1.54, 1.807) is 18.5 Å². The van der Waals surface area contributed by atoms with Gasteiger partial charge in [0.1, 0.15) is 4.90 Å². The summed E-state index contributed by atoms with van der Waals surface area (Å²) in [5.41, 5.74) is 6.87. The smallest absolute Gasteiger partial charge is 0.244 e. The van der Waals surface area contributed by atoms with Crippen LogP contribution in [0.25, 0.3) is 0 Å². The molecule has 136 valence electrons. The summed E-state index contributed by atoms with van der Waals surface area (Å²) in [7, 11) is -3.60. The Kier molecular flexibility index (Phi) is 8.23. The van der Waals surface area contributed by atoms with Gasteiger partial charge in [-0.05, 0) is 32.6 Å². The molecule has 0 unspecified atom stereocenters. The van der Waals surface area contributed by atoms with E-state index >= 15 is 0 Å². The van der Waals surface area contributed by atoms with Crippen molar-refractivity contribution < 1.29 is 8.42 Å². The van der Waals surface area contributed by atoms with Crippen LogP contribution in [0.15, 0.2) is 4.90 Å². The van der Waals surface area contributed by atoms with Crippen LogP contribution in [0.4, 0.5) is 0 Å². The average molecular weight is 367 g/mol. The van der Waals surface area contributed by atoms with Crippen LogP contribution in [0, 0.1) is 19.8 Å². The molecule has 1 rings (SSSR count). The van der Waals surface area contributed by atoms with E-state index in [1.165, 1.54) is 0 Å². The molecule has 0 spiro atoms. The maximum Gasteiger partial charge on any atom is 0.244 e. The molecular weight excluding hydrogens is 336 g/mol. The molecule has 3 N–H and O–H groups in total. The highest BCUT2D eigenvalue weighted by atomic mass is 35.5. The number of hydrogen-bond donors (Lipinski definition) is 2. The Morgan fingerprint density at radius 2 is 1.78 bits per heavy atom. The highest BCUT2D eigenvalue weighted by molar-refractivity contribution is 7.89. The molecule has 0 fully saturated rings. The van der Waals surface area contributed by atoms with E-state index in [0.29, 0.717) is 23.9 Å². The molecule has 0 aliphatic heterocycles. The summed E-state index contributed by atoms with van der Waals surface area (Å²) in [5, 5.41) is 4.37. The minimum absolute atomic E-state index is 0. The number of halogens is 1. The van der Waals surface area contributed by atoms with Crippen molar-refractivity contribution in [3.63, 3.8) is 0 Å². The van der Waals surface area contributed by atoms with Crippen LogP contribution >= 0.6 is 12.4 Å². The average Bonchev–Trinajstić information content (AvgIpc) is 2.70. The highest BCUT2D eigenvalue weighted by Crippen LogP contribution is 2.21. The molecule has 1 heterocycles. The summed E-state index contributed by atoms with van der Waals surface area (Å²) in [5.74, 6) is 0.401. The van der Waals surface area contributed by atoms with Gasteiger partial charge in [0.25, 0.3) is 0 Å². The van der Waals surface area contributed by atoms with Gasteiger partial charge in [-0.1, -0.05) is 27.7 Å². The number of nitrogens with two attached hydrogens (primary N) is 1. The summed E-state index contributed by atoms with van der Waals surface area (Å²) in [4.78, 5) is 0.280. The number of aromatic nitrogens is 2. The lowest BCUT2D eigenvalue weighted by Gasteiger charge is -2.26. The maximum absolute atomic E-state index is 12.6. The Hall–Kier alpha value is -0.630. The normalized spacial score (nSPS) is 12.5. The van der Waals surface area contributed by atoms with Gasteiger partial charge in [-0.3, -0.25) is 4.68 Å². The van der Waals surface area contributed by atoms with Crippen molar-refractivity contribution in [1.29, 1.82) is 0 Å². The first kappa shape index (κ1) is 22.4. The number of rotatable bonds is 8. The van der Waals surface area contributed by atoms with Crippen LogP contribution in [0.2, 0.25) is 0 Å². The topological polar surface area (TPSA) is 90.0 Å². The van der Waals surface area contributed by atoms with E-state index in [9.17, 15) is 8.42 Å². The standard InChI is InChI=1S/C15H30N4O2S.ClH/c1-7-15(16,8-2)10-17-22(20,21)14-12(5)18-19(13(14)6)9-11(3)4;/h11,17H,7-10,16H2,1-6H3;1H. The van der Waals surface area contributed by atoms with Crippen molar-refractivity contribution in [1.82, 2.24) is 14.5 Å². The van der Waals surface area contributed by atoms with Crippen molar-refractivity contribution in [2.24, 2.45) is 11.7 Å². The van der Waals surface area contributed by atoms with Crippen LogP contribution in [-0.4, -0.2) is 30.3 Å². The van der Waals surface area contributed by atoms with Gasteiger partial charge in [0.2, 0.25) is 10.0 Å². The molecular formula is C15H31ClN4O2S. The third kappa shape index (κ3) is 5.45. The predicted octanol–water partition coefficient (Wildman–Crippen LogP) is 2.37. The van der Waals surface area contributed by atoms with Gasteiger partial charge in [0.05, 0.1) is 11.4 Å². The fourth-order valence-electron chi connectivity index (χ4n) is 2.40. The van der Waals surface area contributed by atoms with Crippen LogP contribution in [-0.2, 0) is 16.6 Å². The van der Waals surface area contributed by atoms with Crippen LogP contribution < -0.4 is 10.5 Å². The van der Waals surface area contributed by atoms with Gasteiger partial charge in [0.15, 0.2) is 0 Å². The van der Waals surface area contributed by atoms with E-state index in [2.05, 4.69) is 23.7 Å². The van der Waals surface area contributed by atoms with E-state index < -0.39 is 15.6 Å². The lowest BCUT2D eigenvalue weighted by atomic mass is 9.95. The molecule has 0 atom stereocenters. The summed E-state index contributed by atoms with van der Waals surface area (Å²) < 4.78 is 29.7. The minimum atomic E-state index is -3.60. The molecule has 0 bridgehead atoms. The van der Waals surface area contributed by atoms with Crippen LogP contribution in [0.3, 0.4) is 0 Å². The zero-order chi connectivity index (χ0) is 17.1. The number of nitrogens with zero attached hydrogens (tertiary/aromatic N) is 2. The summed E-state index contributed by atoms with van der Waals surface area (Å²) >= 11 is 0. The zero-order valence-electron chi connectivity index (χ0n) is 15.0. The van der Waals surface area contributed by atoms with E-state index in [-0.39, 0.29) is 23.8 Å². The van der Waals surface area contributed by atoms with E-state index in [0.717, 1.165) is 12.8 Å². The number of nitrogens with one attached hydrogen (secondary N) is 1. The Morgan fingerprint density at radius 1 is 1.26 bits per heavy atom. The summed E-state index contributed by atoms with van der Waals surface area (Å²) in [6.07, 6.45) is 1.44. The van der Waals surface area contributed by atoms with Gasteiger partial charge >= 0.3 is 0 Å². The molecule has 0 aliphatic carbocycles. The summed E-state index contributed by atoms with van der Waals surface area (Å²) in [6.45, 7) is 12.6. The first-order chi connectivity index (χ1) is 10.1. The Bertz CT molecular complexity index is 607. The molecule has 1 aromatic heterocycles. The molecule has 0 aliphatic rings. The zero-order valence-corrected chi connectivity index (χ0v) is 16.6. The van der Waals surface area contributed by atoms with E-state index in [1.807, 2.05) is 13.8 Å². The Balaban J connectivity index is 0.00000484. The fraction of sp³-hybridized carbons (Fsp3) is 0.800. The molecule has 0 saturated heterocycles. The first-order valence-corrected chi connectivity index (χ1v) is 9.37. The molecule has 8 heteroatoms. The molecule has 6 nitrogen and oxygen atoms in total. The number of sulfonamides is 1. The second kappa shape index (κ2) is 8.46. The Morgan fingerprint density at radius 3 is 2.22 bits per heavy atom. The van der Waals surface area contributed by atoms with Crippen molar-refractivity contribution in [2.75, 3.05) is 6.54 Å². The van der Waals surface area contributed by atoms with Gasteiger partial charge < -0.3 is 5.73 Å². The third-order valence-electron chi connectivity index (χ3n) is 4.14. The van der Waals surface area contributed by atoms with Gasteiger partial charge in [-0.2, -0.15) is 5.10 Å². The van der Waals surface area contributed by atoms with Gasteiger partial charge in [-0.15, -0.1) is 12.4 Å². The van der Waals surface area contributed by atoms with E-state index in [4.69, 9.17) is 5.73 Å². The van der Waals surface area contributed by atoms with Crippen LogP contribution in [0.1, 0.15) is 51.9 Å². The predicted molar refractivity (Wildman–Crippen MR) is 96.5 cm³/mol. The molecule has 0 radical (unpaired) electrons.